The van der Waals surface area contributed by atoms with Crippen molar-refractivity contribution >= 4 is 21.6 Å². The second-order valence-corrected chi connectivity index (χ2v) is 5.80. The maximum Gasteiger partial charge on any atom is 0.261 e. The van der Waals surface area contributed by atoms with Crippen LogP contribution >= 0.6 is 0 Å². The number of primary amides is 1. The molecule has 21 heavy (non-hydrogen) atoms. The lowest BCUT2D eigenvalue weighted by atomic mass is 10.2. The molecule has 0 spiro atoms. The summed E-state index contributed by atoms with van der Waals surface area (Å²) in [6.07, 6.45) is 0. The third kappa shape index (κ3) is 3.34. The number of nitrogens with two attached hydrogens (primary N) is 1. The van der Waals surface area contributed by atoms with E-state index in [9.17, 15) is 22.0 Å². The van der Waals surface area contributed by atoms with E-state index in [-0.39, 0.29) is 10.5 Å². The summed E-state index contributed by atoms with van der Waals surface area (Å²) < 4.78 is 52.4. The highest BCUT2D eigenvalue weighted by Gasteiger charge is 2.17. The smallest absolute Gasteiger partial charge is 0.261 e. The van der Waals surface area contributed by atoms with Gasteiger partial charge in [0, 0.05) is 11.6 Å². The molecule has 0 unspecified atom stereocenters. The van der Waals surface area contributed by atoms with E-state index in [1.54, 1.807) is 0 Å². The highest BCUT2D eigenvalue weighted by atomic mass is 32.2. The van der Waals surface area contributed by atoms with Gasteiger partial charge < -0.3 is 5.73 Å². The molecule has 0 heterocycles. The van der Waals surface area contributed by atoms with E-state index in [1.807, 2.05) is 4.72 Å². The van der Waals surface area contributed by atoms with Crippen molar-refractivity contribution in [2.24, 2.45) is 5.73 Å². The lowest BCUT2D eigenvalue weighted by Crippen LogP contribution is -2.15. The number of halogens is 2. The Morgan fingerprint density at radius 3 is 2.24 bits per heavy atom. The van der Waals surface area contributed by atoms with E-state index in [1.165, 1.54) is 12.1 Å². The maximum atomic E-state index is 13.4. The van der Waals surface area contributed by atoms with Crippen molar-refractivity contribution in [1.29, 1.82) is 0 Å². The van der Waals surface area contributed by atoms with Crippen molar-refractivity contribution < 1.29 is 22.0 Å². The molecule has 3 N–H and O–H groups in total. The maximum absolute atomic E-state index is 13.4. The fraction of sp³-hybridized carbons (Fsp3) is 0. The molecule has 2 aromatic carbocycles. The number of rotatable bonds is 4. The van der Waals surface area contributed by atoms with Gasteiger partial charge >= 0.3 is 0 Å². The van der Waals surface area contributed by atoms with E-state index >= 15 is 0 Å². The average Bonchev–Trinajstić information content (AvgIpc) is 2.43. The largest absolute Gasteiger partial charge is 0.366 e. The number of amides is 1. The summed E-state index contributed by atoms with van der Waals surface area (Å²) in [5.74, 6) is -2.39. The Kier molecular flexibility index (Phi) is 3.90. The molecule has 0 aliphatic heterocycles. The van der Waals surface area contributed by atoms with Gasteiger partial charge in [0.2, 0.25) is 5.91 Å². The van der Waals surface area contributed by atoms with Gasteiger partial charge in [0.05, 0.1) is 10.6 Å². The third-order valence-electron chi connectivity index (χ3n) is 2.62. The van der Waals surface area contributed by atoms with Crippen LogP contribution in [0.1, 0.15) is 10.4 Å². The van der Waals surface area contributed by atoms with E-state index in [4.69, 9.17) is 5.73 Å². The standard InChI is InChI=1S/C13H10F2N2O3S/c14-9-3-6-11(15)12(7-9)17-21(19,20)10-4-1-8(2-5-10)13(16)18/h1-7,17H,(H2,16,18). The lowest BCUT2D eigenvalue weighted by molar-refractivity contribution is 0.1000. The number of carbonyl (C=O) groups is 1. The molecule has 110 valence electrons. The van der Waals surface area contributed by atoms with Crippen molar-refractivity contribution in [3.63, 3.8) is 0 Å². The third-order valence-corrected chi connectivity index (χ3v) is 4.00. The van der Waals surface area contributed by atoms with Gasteiger partial charge in [0.15, 0.2) is 0 Å². The van der Waals surface area contributed by atoms with Crippen LogP contribution in [-0.4, -0.2) is 14.3 Å². The quantitative estimate of drug-likeness (QED) is 0.903. The van der Waals surface area contributed by atoms with Gasteiger partial charge in [-0.3, -0.25) is 9.52 Å². The van der Waals surface area contributed by atoms with E-state index in [0.29, 0.717) is 0 Å². The molecular formula is C13H10F2N2O3S. The first kappa shape index (κ1) is 14.9. The number of nitrogens with one attached hydrogen (secondary N) is 1. The summed E-state index contributed by atoms with van der Waals surface area (Å²) in [5.41, 5.74) is 4.66. The molecule has 2 aromatic rings. The van der Waals surface area contributed by atoms with Gasteiger partial charge in [-0.15, -0.1) is 0 Å². The summed E-state index contributed by atoms with van der Waals surface area (Å²) in [5, 5.41) is 0. The number of sulfonamides is 1. The summed E-state index contributed by atoms with van der Waals surface area (Å²) >= 11 is 0. The summed E-state index contributed by atoms with van der Waals surface area (Å²) in [6.45, 7) is 0. The topological polar surface area (TPSA) is 89.3 Å². The molecule has 0 aromatic heterocycles. The molecule has 0 fully saturated rings. The van der Waals surface area contributed by atoms with Crippen LogP contribution < -0.4 is 10.5 Å². The Balaban J connectivity index is 2.34. The zero-order valence-corrected chi connectivity index (χ0v) is 11.3. The van der Waals surface area contributed by atoms with E-state index < -0.39 is 33.3 Å². The SMILES string of the molecule is NC(=O)c1ccc(S(=O)(=O)Nc2cc(F)ccc2F)cc1. The minimum atomic E-state index is -4.10. The minimum absolute atomic E-state index is 0.130. The number of carbonyl (C=O) groups excluding carboxylic acids is 1. The average molecular weight is 312 g/mol. The predicted octanol–water partition coefficient (Wildman–Crippen LogP) is 1.86. The van der Waals surface area contributed by atoms with Crippen molar-refractivity contribution in [3.05, 3.63) is 59.7 Å². The van der Waals surface area contributed by atoms with Gasteiger partial charge in [-0.1, -0.05) is 0 Å². The van der Waals surface area contributed by atoms with Crippen molar-refractivity contribution in [2.75, 3.05) is 4.72 Å². The first-order chi connectivity index (χ1) is 9.79. The van der Waals surface area contributed by atoms with E-state index in [0.717, 1.165) is 30.3 Å². The van der Waals surface area contributed by atoms with Crippen LogP contribution in [0.25, 0.3) is 0 Å². The Bertz CT molecular complexity index is 790. The molecule has 0 aliphatic rings. The molecule has 0 saturated carbocycles. The first-order valence-electron chi connectivity index (χ1n) is 5.67. The van der Waals surface area contributed by atoms with Crippen molar-refractivity contribution in [3.8, 4) is 0 Å². The molecule has 0 radical (unpaired) electrons. The molecule has 0 saturated heterocycles. The van der Waals surface area contributed by atoms with E-state index in [2.05, 4.69) is 0 Å². The molecule has 0 atom stereocenters. The minimum Gasteiger partial charge on any atom is -0.366 e. The fourth-order valence-corrected chi connectivity index (χ4v) is 2.64. The van der Waals surface area contributed by atoms with Crippen LogP contribution in [0.15, 0.2) is 47.4 Å². The number of hydrogen-bond acceptors (Lipinski definition) is 3. The highest BCUT2D eigenvalue weighted by molar-refractivity contribution is 7.92. The number of hydrogen-bond donors (Lipinski definition) is 2. The van der Waals surface area contributed by atoms with Crippen molar-refractivity contribution in [2.45, 2.75) is 4.90 Å². The monoisotopic (exact) mass is 312 g/mol. The Labute approximate surface area is 119 Å². The van der Waals surface area contributed by atoms with Crippen LogP contribution in [0.2, 0.25) is 0 Å². The van der Waals surface area contributed by atoms with Gasteiger partial charge in [0.25, 0.3) is 10.0 Å². The first-order valence-corrected chi connectivity index (χ1v) is 7.15. The van der Waals surface area contributed by atoms with Crippen LogP contribution in [0.3, 0.4) is 0 Å². The van der Waals surface area contributed by atoms with Crippen LogP contribution in [0.5, 0.6) is 0 Å². The van der Waals surface area contributed by atoms with Gasteiger partial charge in [-0.05, 0) is 36.4 Å². The molecular weight excluding hydrogens is 302 g/mol. The van der Waals surface area contributed by atoms with Gasteiger partial charge in [-0.25, -0.2) is 17.2 Å². The highest BCUT2D eigenvalue weighted by Crippen LogP contribution is 2.20. The number of anilines is 1. The second kappa shape index (κ2) is 5.49. The Morgan fingerprint density at radius 1 is 1.05 bits per heavy atom. The molecule has 8 heteroatoms. The van der Waals surface area contributed by atoms with Gasteiger partial charge in [0.1, 0.15) is 11.6 Å². The van der Waals surface area contributed by atoms with Crippen LogP contribution in [-0.2, 0) is 10.0 Å². The summed E-state index contributed by atoms with van der Waals surface area (Å²) in [4.78, 5) is 10.7. The van der Waals surface area contributed by atoms with Crippen LogP contribution in [0, 0.1) is 11.6 Å². The van der Waals surface area contributed by atoms with Gasteiger partial charge in [-0.2, -0.15) is 0 Å². The lowest BCUT2D eigenvalue weighted by Gasteiger charge is -2.09. The fourth-order valence-electron chi connectivity index (χ4n) is 1.58. The Hall–Kier alpha value is -2.48. The molecule has 2 rings (SSSR count). The molecule has 1 amide bonds. The molecule has 0 aliphatic carbocycles. The molecule has 5 nitrogen and oxygen atoms in total. The Morgan fingerprint density at radius 2 is 1.67 bits per heavy atom. The summed E-state index contributed by atoms with van der Waals surface area (Å²) in [6, 6.07) is 7.12. The normalized spacial score (nSPS) is 11.1. The predicted molar refractivity (Wildman–Crippen MR) is 72.1 cm³/mol. The van der Waals surface area contributed by atoms with Crippen molar-refractivity contribution in [1.82, 2.24) is 0 Å². The zero-order chi connectivity index (χ0) is 15.6. The second-order valence-electron chi connectivity index (χ2n) is 4.12. The zero-order valence-electron chi connectivity index (χ0n) is 10.5. The summed E-state index contributed by atoms with van der Waals surface area (Å²) in [7, 11) is -4.10. The molecule has 0 bridgehead atoms. The number of benzene rings is 2. The van der Waals surface area contributed by atoms with Crippen LogP contribution in [0.4, 0.5) is 14.5 Å².